The maximum atomic E-state index is 9.77. The zero-order chi connectivity index (χ0) is 14.9. The Labute approximate surface area is 119 Å². The molecule has 0 aromatic carbocycles. The molecule has 1 aliphatic rings. The maximum absolute atomic E-state index is 9.77. The lowest BCUT2D eigenvalue weighted by atomic mass is 9.65. The van der Waals surface area contributed by atoms with Gasteiger partial charge in [-0.3, -0.25) is 0 Å². The molecule has 1 aromatic heterocycles. The fourth-order valence-corrected chi connectivity index (χ4v) is 2.40. The third-order valence-electron chi connectivity index (χ3n) is 4.21. The van der Waals surface area contributed by atoms with E-state index in [1.54, 1.807) is 0 Å². The van der Waals surface area contributed by atoms with Crippen molar-refractivity contribution in [2.45, 2.75) is 46.3 Å². The summed E-state index contributed by atoms with van der Waals surface area (Å²) in [5.41, 5.74) is 5.57. The van der Waals surface area contributed by atoms with Gasteiger partial charge >= 0.3 is 0 Å². The third kappa shape index (κ3) is 2.63. The molecular formula is C13H24N6O. The van der Waals surface area contributed by atoms with E-state index in [1.807, 2.05) is 32.6 Å². The molecule has 1 saturated carbocycles. The zero-order valence-electron chi connectivity index (χ0n) is 12.6. The molecule has 1 fully saturated rings. The van der Waals surface area contributed by atoms with Crippen molar-refractivity contribution < 1.29 is 5.11 Å². The number of rotatable bonds is 5. The topological polar surface area (TPSA) is 100 Å². The summed E-state index contributed by atoms with van der Waals surface area (Å²) in [4.78, 5) is 14.7. The lowest BCUT2D eigenvalue weighted by Crippen LogP contribution is -2.57. The van der Waals surface area contributed by atoms with Crippen molar-refractivity contribution in [3.63, 3.8) is 0 Å². The molecule has 0 amide bonds. The van der Waals surface area contributed by atoms with E-state index in [1.165, 1.54) is 0 Å². The summed E-state index contributed by atoms with van der Waals surface area (Å²) in [5.74, 6) is 1.27. The highest BCUT2D eigenvalue weighted by Crippen LogP contribution is 2.41. The van der Waals surface area contributed by atoms with E-state index < -0.39 is 0 Å². The summed E-state index contributed by atoms with van der Waals surface area (Å²) in [6.45, 7) is 9.76. The van der Waals surface area contributed by atoms with Crippen molar-refractivity contribution in [1.29, 1.82) is 0 Å². The van der Waals surface area contributed by atoms with Crippen molar-refractivity contribution >= 4 is 17.8 Å². The Kier molecular flexibility index (Phi) is 3.99. The first-order valence-electron chi connectivity index (χ1n) is 7.09. The van der Waals surface area contributed by atoms with Gasteiger partial charge < -0.3 is 21.1 Å². The summed E-state index contributed by atoms with van der Waals surface area (Å²) in [6.07, 6.45) is 0.403. The number of hydrogen-bond acceptors (Lipinski definition) is 7. The van der Waals surface area contributed by atoms with Crippen LogP contribution in [0.3, 0.4) is 0 Å². The average molecular weight is 280 g/mol. The molecule has 7 heteroatoms. The standard InChI is InChI=1S/C13H24N6O/c1-5-19(6-2)12-17-10(14)16-11(18-12)15-8-7-9(20)13(8,3)4/h8-9,20H,5-7H2,1-4H3,(H3,14,15,16,17,18). The van der Waals surface area contributed by atoms with Gasteiger partial charge in [-0.05, 0) is 20.3 Å². The second-order valence-electron chi connectivity index (χ2n) is 5.76. The predicted molar refractivity (Wildman–Crippen MR) is 79.6 cm³/mol. The largest absolute Gasteiger partial charge is 0.392 e. The molecule has 0 saturated heterocycles. The van der Waals surface area contributed by atoms with Crippen molar-refractivity contribution in [2.75, 3.05) is 29.0 Å². The van der Waals surface area contributed by atoms with Crippen molar-refractivity contribution in [3.05, 3.63) is 0 Å². The summed E-state index contributed by atoms with van der Waals surface area (Å²) in [6, 6.07) is 0.142. The van der Waals surface area contributed by atoms with E-state index in [4.69, 9.17) is 5.73 Å². The smallest absolute Gasteiger partial charge is 0.231 e. The normalized spacial score (nSPS) is 24.1. The number of nitrogens with two attached hydrogens (primary N) is 1. The fraction of sp³-hybridized carbons (Fsp3) is 0.769. The van der Waals surface area contributed by atoms with Gasteiger partial charge in [0, 0.05) is 24.5 Å². The molecule has 7 nitrogen and oxygen atoms in total. The monoisotopic (exact) mass is 280 g/mol. The first kappa shape index (κ1) is 14.8. The summed E-state index contributed by atoms with van der Waals surface area (Å²) in [5, 5.41) is 13.0. The Morgan fingerprint density at radius 3 is 2.45 bits per heavy atom. The van der Waals surface area contributed by atoms with Gasteiger partial charge in [0.15, 0.2) is 0 Å². The van der Waals surface area contributed by atoms with Crippen LogP contribution in [0.1, 0.15) is 34.1 Å². The minimum Gasteiger partial charge on any atom is -0.392 e. The van der Waals surface area contributed by atoms with E-state index in [0.717, 1.165) is 13.1 Å². The van der Waals surface area contributed by atoms with Gasteiger partial charge in [0.25, 0.3) is 0 Å². The minimum atomic E-state index is -0.290. The van der Waals surface area contributed by atoms with Crippen LogP contribution >= 0.6 is 0 Å². The summed E-state index contributed by atoms with van der Waals surface area (Å²) >= 11 is 0. The maximum Gasteiger partial charge on any atom is 0.231 e. The number of nitrogens with one attached hydrogen (secondary N) is 1. The quantitative estimate of drug-likeness (QED) is 0.735. The van der Waals surface area contributed by atoms with Gasteiger partial charge in [-0.25, -0.2) is 0 Å². The first-order chi connectivity index (χ1) is 9.38. The molecule has 112 valence electrons. The first-order valence-corrected chi connectivity index (χ1v) is 7.09. The van der Waals surface area contributed by atoms with Gasteiger partial charge in [0.1, 0.15) is 0 Å². The molecular weight excluding hydrogens is 256 g/mol. The molecule has 1 aromatic rings. The number of anilines is 3. The molecule has 2 rings (SSSR count). The molecule has 2 unspecified atom stereocenters. The van der Waals surface area contributed by atoms with E-state index in [0.29, 0.717) is 18.3 Å². The van der Waals surface area contributed by atoms with Gasteiger partial charge in [-0.1, -0.05) is 13.8 Å². The van der Waals surface area contributed by atoms with Crippen LogP contribution in [0.4, 0.5) is 17.8 Å². The van der Waals surface area contributed by atoms with Crippen LogP contribution < -0.4 is 16.0 Å². The summed E-state index contributed by atoms with van der Waals surface area (Å²) < 4.78 is 0. The Morgan fingerprint density at radius 2 is 1.95 bits per heavy atom. The van der Waals surface area contributed by atoms with Crippen LogP contribution in [0.25, 0.3) is 0 Å². The van der Waals surface area contributed by atoms with E-state index in [-0.39, 0.29) is 23.5 Å². The third-order valence-corrected chi connectivity index (χ3v) is 4.21. The van der Waals surface area contributed by atoms with E-state index >= 15 is 0 Å². The predicted octanol–water partition coefficient (Wildman–Crippen LogP) is 0.871. The Bertz CT molecular complexity index is 474. The SMILES string of the molecule is CCN(CC)c1nc(N)nc(NC2CC(O)C2(C)C)n1. The van der Waals surface area contributed by atoms with Crippen LogP contribution in [0.15, 0.2) is 0 Å². The molecule has 0 aliphatic heterocycles. The van der Waals surface area contributed by atoms with Crippen LogP contribution in [0, 0.1) is 5.41 Å². The number of hydrogen-bond donors (Lipinski definition) is 3. The molecule has 20 heavy (non-hydrogen) atoms. The van der Waals surface area contributed by atoms with Crippen molar-refractivity contribution in [3.8, 4) is 0 Å². The fourth-order valence-electron chi connectivity index (χ4n) is 2.40. The van der Waals surface area contributed by atoms with Crippen LogP contribution in [-0.2, 0) is 0 Å². The molecule has 0 bridgehead atoms. The minimum absolute atomic E-state index is 0.142. The summed E-state index contributed by atoms with van der Waals surface area (Å²) in [7, 11) is 0. The molecule has 1 heterocycles. The zero-order valence-corrected chi connectivity index (χ0v) is 12.6. The molecule has 0 radical (unpaired) electrons. The highest BCUT2D eigenvalue weighted by molar-refractivity contribution is 5.43. The Hall–Kier alpha value is -1.63. The van der Waals surface area contributed by atoms with Crippen molar-refractivity contribution in [2.24, 2.45) is 5.41 Å². The van der Waals surface area contributed by atoms with Gasteiger partial charge in [0.05, 0.1) is 6.10 Å². The van der Waals surface area contributed by atoms with Gasteiger partial charge in [-0.15, -0.1) is 0 Å². The van der Waals surface area contributed by atoms with E-state index in [9.17, 15) is 5.11 Å². The van der Waals surface area contributed by atoms with Crippen LogP contribution in [0.2, 0.25) is 0 Å². The van der Waals surface area contributed by atoms with Crippen molar-refractivity contribution in [1.82, 2.24) is 15.0 Å². The molecule has 4 N–H and O–H groups in total. The highest BCUT2D eigenvalue weighted by Gasteiger charge is 2.47. The van der Waals surface area contributed by atoms with Gasteiger partial charge in [0.2, 0.25) is 17.8 Å². The molecule has 0 spiro atoms. The lowest BCUT2D eigenvalue weighted by Gasteiger charge is -2.49. The molecule has 1 aliphatic carbocycles. The number of nitrogen functional groups attached to an aromatic ring is 1. The number of aromatic nitrogens is 3. The lowest BCUT2D eigenvalue weighted by molar-refractivity contribution is -0.0512. The Balaban J connectivity index is 2.17. The van der Waals surface area contributed by atoms with Crippen LogP contribution in [0.5, 0.6) is 0 Å². The second-order valence-corrected chi connectivity index (χ2v) is 5.76. The van der Waals surface area contributed by atoms with Gasteiger partial charge in [-0.2, -0.15) is 15.0 Å². The highest BCUT2D eigenvalue weighted by atomic mass is 16.3. The second kappa shape index (κ2) is 5.40. The number of nitrogens with zero attached hydrogens (tertiary/aromatic N) is 4. The average Bonchev–Trinajstić information content (AvgIpc) is 2.39. The van der Waals surface area contributed by atoms with E-state index in [2.05, 4.69) is 20.3 Å². The Morgan fingerprint density at radius 1 is 1.30 bits per heavy atom. The number of aliphatic hydroxyl groups excluding tert-OH is 1. The van der Waals surface area contributed by atoms with Crippen LogP contribution in [-0.4, -0.2) is 45.3 Å². The molecule has 2 atom stereocenters. The number of aliphatic hydroxyl groups is 1.